The number of rotatable bonds is 5. The molecule has 0 bridgehead atoms. The van der Waals surface area contributed by atoms with E-state index in [1.807, 2.05) is 6.92 Å². The number of likely N-dealkylation sites (N-methyl/N-ethyl adjacent to an activating group) is 1. The molecule has 16 heavy (non-hydrogen) atoms. The maximum Gasteiger partial charge on any atom is 0.227 e. The zero-order valence-electron chi connectivity index (χ0n) is 11.2. The summed E-state index contributed by atoms with van der Waals surface area (Å²) >= 11 is 0. The minimum Gasteiger partial charge on any atom is -0.394 e. The molecule has 0 heterocycles. The Kier molecular flexibility index (Phi) is 5.97. The van der Waals surface area contributed by atoms with E-state index in [0.29, 0.717) is 6.54 Å². The number of nitrogens with two attached hydrogens (primary N) is 1. The Hall–Kier alpha value is -0.610. The van der Waals surface area contributed by atoms with Crippen LogP contribution in [0.2, 0.25) is 0 Å². The number of carbonyl (C=O) groups is 1. The summed E-state index contributed by atoms with van der Waals surface area (Å²) in [4.78, 5) is 13.7. The molecule has 0 radical (unpaired) electrons. The van der Waals surface area contributed by atoms with E-state index in [2.05, 4.69) is 20.8 Å². The summed E-state index contributed by atoms with van der Waals surface area (Å²) in [6.45, 7) is 8.45. The van der Waals surface area contributed by atoms with Gasteiger partial charge in [0.15, 0.2) is 0 Å². The summed E-state index contributed by atoms with van der Waals surface area (Å²) in [5.74, 6) is -0.127. The molecule has 0 aromatic rings. The van der Waals surface area contributed by atoms with Crippen molar-refractivity contribution < 1.29 is 9.90 Å². The molecule has 3 N–H and O–H groups in total. The highest BCUT2D eigenvalue weighted by Crippen LogP contribution is 2.25. The van der Waals surface area contributed by atoms with Crippen molar-refractivity contribution in [1.29, 1.82) is 0 Å². The van der Waals surface area contributed by atoms with Crippen LogP contribution in [0.4, 0.5) is 0 Å². The van der Waals surface area contributed by atoms with Gasteiger partial charge < -0.3 is 15.7 Å². The molecule has 0 aromatic carbocycles. The molecular formula is C12H26N2O2. The molecule has 0 rings (SSSR count). The van der Waals surface area contributed by atoms with E-state index in [0.717, 1.165) is 6.42 Å². The lowest BCUT2D eigenvalue weighted by molar-refractivity contribution is -0.137. The van der Waals surface area contributed by atoms with Crippen LogP contribution in [0.5, 0.6) is 0 Å². The van der Waals surface area contributed by atoms with Crippen LogP contribution in [0.1, 0.15) is 34.1 Å². The van der Waals surface area contributed by atoms with Crippen molar-refractivity contribution in [2.75, 3.05) is 20.2 Å². The van der Waals surface area contributed by atoms with Crippen LogP contribution in [0.25, 0.3) is 0 Å². The minimum absolute atomic E-state index is 0.0188. The average molecular weight is 230 g/mol. The second kappa shape index (κ2) is 6.21. The van der Waals surface area contributed by atoms with Crippen LogP contribution < -0.4 is 5.73 Å². The number of hydrogen-bond donors (Lipinski definition) is 2. The zero-order chi connectivity index (χ0) is 12.9. The van der Waals surface area contributed by atoms with Crippen molar-refractivity contribution in [3.63, 3.8) is 0 Å². The van der Waals surface area contributed by atoms with Gasteiger partial charge in [0, 0.05) is 13.6 Å². The van der Waals surface area contributed by atoms with Crippen LogP contribution in [0.3, 0.4) is 0 Å². The maximum atomic E-state index is 12.1. The summed E-state index contributed by atoms with van der Waals surface area (Å²) in [6, 6.07) is -0.151. The lowest BCUT2D eigenvalue weighted by Crippen LogP contribution is -2.44. The fourth-order valence-electron chi connectivity index (χ4n) is 1.64. The molecule has 0 aliphatic heterocycles. The largest absolute Gasteiger partial charge is 0.394 e. The number of amides is 1. The first-order chi connectivity index (χ1) is 7.22. The van der Waals surface area contributed by atoms with Gasteiger partial charge >= 0.3 is 0 Å². The van der Waals surface area contributed by atoms with Crippen molar-refractivity contribution in [3.05, 3.63) is 0 Å². The third-order valence-corrected chi connectivity index (χ3v) is 2.77. The van der Waals surface area contributed by atoms with Gasteiger partial charge in [-0.15, -0.1) is 0 Å². The van der Waals surface area contributed by atoms with Crippen LogP contribution in [-0.4, -0.2) is 42.2 Å². The van der Waals surface area contributed by atoms with Gasteiger partial charge in [-0.1, -0.05) is 20.8 Å². The first-order valence-corrected chi connectivity index (χ1v) is 5.80. The van der Waals surface area contributed by atoms with E-state index in [4.69, 9.17) is 10.8 Å². The van der Waals surface area contributed by atoms with Gasteiger partial charge in [-0.3, -0.25) is 4.79 Å². The molecule has 0 saturated heterocycles. The summed E-state index contributed by atoms with van der Waals surface area (Å²) < 4.78 is 0. The third kappa shape index (κ3) is 4.94. The molecule has 2 atom stereocenters. The number of nitrogens with zero attached hydrogens (tertiary/aromatic N) is 1. The smallest absolute Gasteiger partial charge is 0.227 e. The summed E-state index contributed by atoms with van der Waals surface area (Å²) in [7, 11) is 1.72. The number of aliphatic hydroxyl groups excluding tert-OH is 1. The molecule has 1 amide bonds. The Morgan fingerprint density at radius 1 is 1.44 bits per heavy atom. The lowest BCUT2D eigenvalue weighted by Gasteiger charge is -2.30. The minimum atomic E-state index is -0.154. The molecule has 4 heteroatoms. The van der Waals surface area contributed by atoms with Gasteiger partial charge in [-0.05, 0) is 18.8 Å². The predicted molar refractivity (Wildman–Crippen MR) is 65.9 cm³/mol. The van der Waals surface area contributed by atoms with E-state index in [1.54, 1.807) is 11.9 Å². The normalized spacial score (nSPS) is 15.7. The number of carbonyl (C=O) groups excluding carboxylic acids is 1. The Balaban J connectivity index is 4.53. The second-order valence-corrected chi connectivity index (χ2v) is 5.68. The van der Waals surface area contributed by atoms with Crippen LogP contribution >= 0.6 is 0 Å². The Morgan fingerprint density at radius 3 is 2.25 bits per heavy atom. The lowest BCUT2D eigenvalue weighted by atomic mass is 9.84. The summed E-state index contributed by atoms with van der Waals surface area (Å²) in [6.07, 6.45) is 0.769. The van der Waals surface area contributed by atoms with Crippen LogP contribution in [-0.2, 0) is 4.79 Å². The Morgan fingerprint density at radius 2 is 1.94 bits per heavy atom. The standard InChI is InChI=1S/C12H26N2O2/c1-9(8-15)14(5)11(16)10(7-13)6-12(2,3)4/h9-10,15H,6-8,13H2,1-5H3. The zero-order valence-corrected chi connectivity index (χ0v) is 11.2. The molecule has 2 unspecified atom stereocenters. The molecule has 0 saturated carbocycles. The highest BCUT2D eigenvalue weighted by atomic mass is 16.3. The van der Waals surface area contributed by atoms with Crippen LogP contribution in [0.15, 0.2) is 0 Å². The SMILES string of the molecule is CC(CO)N(C)C(=O)C(CN)CC(C)(C)C. The molecule has 0 spiro atoms. The fourth-order valence-corrected chi connectivity index (χ4v) is 1.64. The van der Waals surface area contributed by atoms with E-state index < -0.39 is 0 Å². The van der Waals surface area contributed by atoms with Gasteiger partial charge in [0.2, 0.25) is 5.91 Å². The molecule has 96 valence electrons. The molecule has 0 aliphatic carbocycles. The quantitative estimate of drug-likeness (QED) is 0.735. The highest BCUT2D eigenvalue weighted by Gasteiger charge is 2.27. The first-order valence-electron chi connectivity index (χ1n) is 5.80. The Labute approximate surface area is 98.8 Å². The van der Waals surface area contributed by atoms with Crippen molar-refractivity contribution in [1.82, 2.24) is 4.90 Å². The van der Waals surface area contributed by atoms with Crippen molar-refractivity contribution >= 4 is 5.91 Å². The first kappa shape index (κ1) is 15.4. The predicted octanol–water partition coefficient (Wildman–Crippen LogP) is 0.837. The highest BCUT2D eigenvalue weighted by molar-refractivity contribution is 5.79. The third-order valence-electron chi connectivity index (χ3n) is 2.77. The van der Waals surface area contributed by atoms with E-state index in [1.165, 1.54) is 0 Å². The molecular weight excluding hydrogens is 204 g/mol. The van der Waals surface area contributed by atoms with Crippen molar-refractivity contribution in [2.24, 2.45) is 17.1 Å². The van der Waals surface area contributed by atoms with Gasteiger partial charge in [0.1, 0.15) is 0 Å². The summed E-state index contributed by atoms with van der Waals surface area (Å²) in [5.41, 5.74) is 5.74. The van der Waals surface area contributed by atoms with E-state index in [-0.39, 0.29) is 29.9 Å². The van der Waals surface area contributed by atoms with Crippen molar-refractivity contribution in [2.45, 2.75) is 40.2 Å². The second-order valence-electron chi connectivity index (χ2n) is 5.68. The van der Waals surface area contributed by atoms with Gasteiger partial charge in [0.05, 0.1) is 18.6 Å². The fraction of sp³-hybridized carbons (Fsp3) is 0.917. The molecule has 0 aromatic heterocycles. The van der Waals surface area contributed by atoms with E-state index in [9.17, 15) is 4.79 Å². The number of hydrogen-bond acceptors (Lipinski definition) is 3. The molecule has 4 nitrogen and oxygen atoms in total. The monoisotopic (exact) mass is 230 g/mol. The average Bonchev–Trinajstić information content (AvgIpc) is 2.21. The molecule has 0 fully saturated rings. The van der Waals surface area contributed by atoms with Gasteiger partial charge in [0.25, 0.3) is 0 Å². The van der Waals surface area contributed by atoms with Crippen molar-refractivity contribution in [3.8, 4) is 0 Å². The summed E-state index contributed by atoms with van der Waals surface area (Å²) in [5, 5.41) is 9.02. The van der Waals surface area contributed by atoms with Gasteiger partial charge in [-0.25, -0.2) is 0 Å². The van der Waals surface area contributed by atoms with E-state index >= 15 is 0 Å². The Bertz CT molecular complexity index is 224. The molecule has 0 aliphatic rings. The van der Waals surface area contributed by atoms with Crippen LogP contribution in [0, 0.1) is 11.3 Å². The number of aliphatic hydroxyl groups is 1. The maximum absolute atomic E-state index is 12.1. The van der Waals surface area contributed by atoms with Gasteiger partial charge in [-0.2, -0.15) is 0 Å². The topological polar surface area (TPSA) is 66.6 Å².